The maximum atomic E-state index is 13.7. The molecule has 0 bridgehead atoms. The summed E-state index contributed by atoms with van der Waals surface area (Å²) >= 11 is 0. The van der Waals surface area contributed by atoms with Crippen LogP contribution in [0.25, 0.3) is 27.8 Å². The summed E-state index contributed by atoms with van der Waals surface area (Å²) in [6, 6.07) is 13.2. The molecule has 0 saturated heterocycles. The number of aromatic nitrogens is 4. The molecule has 34 heavy (non-hydrogen) atoms. The Hall–Kier alpha value is -4.73. The van der Waals surface area contributed by atoms with E-state index < -0.39 is 23.4 Å². The Kier molecular flexibility index (Phi) is 5.38. The van der Waals surface area contributed by atoms with Crippen molar-refractivity contribution in [1.29, 1.82) is 0 Å². The van der Waals surface area contributed by atoms with Crippen LogP contribution in [0.15, 0.2) is 78.0 Å². The first-order valence-corrected chi connectivity index (χ1v) is 10.3. The Bertz CT molecular complexity index is 1520. The van der Waals surface area contributed by atoms with Crippen molar-refractivity contribution in [2.24, 2.45) is 0 Å². The van der Waals surface area contributed by atoms with Crippen LogP contribution < -0.4 is 16.2 Å². The molecule has 0 atom stereocenters. The number of H-pyrrole nitrogens is 2. The molecular formula is C24H18F2N6O2. The van der Waals surface area contributed by atoms with Crippen molar-refractivity contribution in [3.8, 4) is 16.9 Å². The quantitative estimate of drug-likeness (QED) is 0.314. The molecule has 0 aliphatic carbocycles. The Morgan fingerprint density at radius 1 is 1.06 bits per heavy atom. The van der Waals surface area contributed by atoms with Crippen molar-refractivity contribution in [2.75, 3.05) is 5.32 Å². The van der Waals surface area contributed by atoms with E-state index in [2.05, 4.69) is 25.7 Å². The Morgan fingerprint density at radius 2 is 1.85 bits per heavy atom. The lowest BCUT2D eigenvalue weighted by Gasteiger charge is -2.10. The van der Waals surface area contributed by atoms with Crippen molar-refractivity contribution in [3.05, 3.63) is 101 Å². The van der Waals surface area contributed by atoms with Crippen molar-refractivity contribution < 1.29 is 13.6 Å². The predicted octanol–water partition coefficient (Wildman–Crippen LogP) is 4.31. The van der Waals surface area contributed by atoms with Gasteiger partial charge in [-0.25, -0.2) is 18.3 Å². The van der Waals surface area contributed by atoms with Gasteiger partial charge in [-0.1, -0.05) is 18.2 Å². The number of anilines is 1. The molecular weight excluding hydrogens is 442 g/mol. The highest BCUT2D eigenvalue weighted by Crippen LogP contribution is 2.21. The van der Waals surface area contributed by atoms with Crippen LogP contribution in [0.4, 0.5) is 19.3 Å². The van der Waals surface area contributed by atoms with Gasteiger partial charge >= 0.3 is 6.03 Å². The third-order valence-corrected chi connectivity index (χ3v) is 5.31. The largest absolute Gasteiger partial charge is 0.354 e. The predicted molar refractivity (Wildman–Crippen MR) is 124 cm³/mol. The number of amides is 2. The Labute approximate surface area is 191 Å². The zero-order chi connectivity index (χ0) is 23.7. The summed E-state index contributed by atoms with van der Waals surface area (Å²) in [6.07, 6.45) is 5.00. The molecule has 0 aliphatic heterocycles. The van der Waals surface area contributed by atoms with Crippen molar-refractivity contribution >= 4 is 22.6 Å². The van der Waals surface area contributed by atoms with E-state index >= 15 is 0 Å². The summed E-state index contributed by atoms with van der Waals surface area (Å²) in [4.78, 5) is 32.4. The molecule has 0 unspecified atom stereocenters. The van der Waals surface area contributed by atoms with E-state index in [0.717, 1.165) is 23.0 Å². The molecule has 0 saturated carbocycles. The number of nitrogens with zero attached hydrogens (tertiary/aromatic N) is 2. The third-order valence-electron chi connectivity index (χ3n) is 5.31. The summed E-state index contributed by atoms with van der Waals surface area (Å²) < 4.78 is 28.8. The molecule has 170 valence electrons. The molecule has 3 aromatic heterocycles. The van der Waals surface area contributed by atoms with E-state index in [4.69, 9.17) is 0 Å². The number of aromatic amines is 2. The zero-order valence-electron chi connectivity index (χ0n) is 17.6. The number of benzene rings is 2. The van der Waals surface area contributed by atoms with Gasteiger partial charge in [0, 0.05) is 36.0 Å². The number of para-hydroxylation sites is 1. The van der Waals surface area contributed by atoms with Gasteiger partial charge in [-0.05, 0) is 42.0 Å². The number of halogens is 2. The Morgan fingerprint density at radius 3 is 2.65 bits per heavy atom. The fourth-order valence-corrected chi connectivity index (χ4v) is 3.63. The summed E-state index contributed by atoms with van der Waals surface area (Å²) in [6.45, 7) is 0.0765. The molecule has 2 amide bonds. The number of pyridine rings is 1. The van der Waals surface area contributed by atoms with E-state index in [1.165, 1.54) is 10.7 Å². The highest BCUT2D eigenvalue weighted by Gasteiger charge is 2.14. The average molecular weight is 460 g/mol. The highest BCUT2D eigenvalue weighted by molar-refractivity contribution is 5.89. The third kappa shape index (κ3) is 4.04. The maximum Gasteiger partial charge on any atom is 0.319 e. The summed E-state index contributed by atoms with van der Waals surface area (Å²) in [5.41, 5.74) is 2.47. The number of carbonyl (C=O) groups is 1. The molecule has 0 aliphatic rings. The van der Waals surface area contributed by atoms with Crippen molar-refractivity contribution in [1.82, 2.24) is 25.1 Å². The number of nitrogens with one attached hydrogen (secondary N) is 4. The molecule has 0 spiro atoms. The molecule has 0 radical (unpaired) electrons. The van der Waals surface area contributed by atoms with Gasteiger partial charge in [-0.2, -0.15) is 0 Å². The number of urea groups is 1. The van der Waals surface area contributed by atoms with E-state index in [-0.39, 0.29) is 12.1 Å². The van der Waals surface area contributed by atoms with Crippen LogP contribution in [0.2, 0.25) is 0 Å². The van der Waals surface area contributed by atoms with Crippen molar-refractivity contribution in [2.45, 2.75) is 6.54 Å². The minimum absolute atomic E-state index is 0.0765. The van der Waals surface area contributed by atoms with Gasteiger partial charge in [0.25, 0.3) is 5.56 Å². The van der Waals surface area contributed by atoms with E-state index in [1.54, 1.807) is 42.9 Å². The highest BCUT2D eigenvalue weighted by atomic mass is 19.1. The molecule has 2 aromatic carbocycles. The molecule has 5 aromatic rings. The van der Waals surface area contributed by atoms with Gasteiger partial charge < -0.3 is 15.6 Å². The lowest BCUT2D eigenvalue weighted by Crippen LogP contribution is -2.29. The lowest BCUT2D eigenvalue weighted by atomic mass is 10.2. The van der Waals surface area contributed by atoms with Crippen LogP contribution in [0.1, 0.15) is 5.56 Å². The second-order valence-corrected chi connectivity index (χ2v) is 7.55. The van der Waals surface area contributed by atoms with E-state index in [0.29, 0.717) is 22.5 Å². The van der Waals surface area contributed by atoms with Gasteiger partial charge in [-0.3, -0.25) is 14.9 Å². The van der Waals surface area contributed by atoms with E-state index in [1.807, 2.05) is 12.1 Å². The SMILES string of the molecule is O=C(NCc1cccc(-n2[nH]cc(-c3cc4cnccc4[nH]3)c2=O)c1)Nc1c(F)cccc1F. The van der Waals surface area contributed by atoms with Crippen LogP contribution in [0.5, 0.6) is 0 Å². The summed E-state index contributed by atoms with van der Waals surface area (Å²) in [7, 11) is 0. The standard InChI is InChI=1S/C24H18F2N6O2/c25-18-5-2-6-19(26)22(18)31-24(34)28-11-14-3-1-4-16(9-14)32-23(33)17(13-29-32)21-10-15-12-27-8-7-20(15)30-21/h1-10,12-13,29-30H,11H2,(H2,28,31,34). The average Bonchev–Trinajstić information content (AvgIpc) is 3.43. The van der Waals surface area contributed by atoms with Crippen molar-refractivity contribution in [3.63, 3.8) is 0 Å². The van der Waals surface area contributed by atoms with Gasteiger partial charge in [-0.15, -0.1) is 0 Å². The number of fused-ring (bicyclic) bond motifs is 1. The first kappa shape index (κ1) is 21.1. The van der Waals surface area contributed by atoms with Crippen LogP contribution in [-0.4, -0.2) is 25.8 Å². The van der Waals surface area contributed by atoms with Crippen LogP contribution in [0, 0.1) is 11.6 Å². The lowest BCUT2D eigenvalue weighted by molar-refractivity contribution is 0.251. The number of hydrogen-bond acceptors (Lipinski definition) is 3. The summed E-state index contributed by atoms with van der Waals surface area (Å²) in [5.74, 6) is -1.74. The fraction of sp³-hybridized carbons (Fsp3) is 0.0417. The monoisotopic (exact) mass is 460 g/mol. The summed E-state index contributed by atoms with van der Waals surface area (Å²) in [5, 5.41) is 8.57. The molecule has 0 fully saturated rings. The van der Waals surface area contributed by atoms with Crippen LogP contribution in [-0.2, 0) is 6.54 Å². The topological polar surface area (TPSA) is 108 Å². The smallest absolute Gasteiger partial charge is 0.319 e. The molecule has 3 heterocycles. The molecule has 8 nitrogen and oxygen atoms in total. The molecule has 10 heteroatoms. The van der Waals surface area contributed by atoms with E-state index in [9.17, 15) is 18.4 Å². The zero-order valence-corrected chi connectivity index (χ0v) is 17.6. The van der Waals surface area contributed by atoms with Gasteiger partial charge in [0.05, 0.1) is 16.9 Å². The first-order valence-electron chi connectivity index (χ1n) is 10.3. The normalized spacial score (nSPS) is 11.0. The molecule has 4 N–H and O–H groups in total. The number of rotatable bonds is 5. The first-order chi connectivity index (χ1) is 16.5. The molecule has 5 rings (SSSR count). The fourth-order valence-electron chi connectivity index (χ4n) is 3.63. The number of hydrogen-bond donors (Lipinski definition) is 4. The Balaban J connectivity index is 1.32. The minimum atomic E-state index is -0.870. The van der Waals surface area contributed by atoms with Crippen LogP contribution in [0.3, 0.4) is 0 Å². The minimum Gasteiger partial charge on any atom is -0.354 e. The van der Waals surface area contributed by atoms with Crippen LogP contribution >= 0.6 is 0 Å². The maximum absolute atomic E-state index is 13.7. The second-order valence-electron chi connectivity index (χ2n) is 7.55. The number of carbonyl (C=O) groups excluding carboxylic acids is 1. The van der Waals surface area contributed by atoms with Gasteiger partial charge in [0.15, 0.2) is 0 Å². The second kappa shape index (κ2) is 8.66. The van der Waals surface area contributed by atoms with Gasteiger partial charge in [0.2, 0.25) is 0 Å². The van der Waals surface area contributed by atoms with Gasteiger partial charge in [0.1, 0.15) is 17.3 Å².